The zero-order valence-electron chi connectivity index (χ0n) is 17.1. The number of nitrogens with one attached hydrogen (secondary N) is 3. The molecule has 0 aromatic heterocycles. The topological polar surface area (TPSA) is 78.0 Å². The second-order valence-electron chi connectivity index (χ2n) is 7.22. The van der Waals surface area contributed by atoms with E-state index in [2.05, 4.69) is 39.7 Å². The Morgan fingerprint density at radius 2 is 2.00 bits per heavy atom. The van der Waals surface area contributed by atoms with E-state index in [1.165, 1.54) is 0 Å². The summed E-state index contributed by atoms with van der Waals surface area (Å²) < 4.78 is 5.83. The van der Waals surface area contributed by atoms with Gasteiger partial charge in [-0.05, 0) is 11.5 Å². The predicted molar refractivity (Wildman–Crippen MR) is 124 cm³/mol. The van der Waals surface area contributed by atoms with Crippen LogP contribution in [0.1, 0.15) is 19.4 Å². The van der Waals surface area contributed by atoms with Gasteiger partial charge in [-0.25, -0.2) is 0 Å². The summed E-state index contributed by atoms with van der Waals surface area (Å²) in [5.41, 5.74) is 1.08. The van der Waals surface area contributed by atoms with Crippen molar-refractivity contribution in [2.24, 2.45) is 10.9 Å². The van der Waals surface area contributed by atoms with Crippen LogP contribution in [-0.4, -0.2) is 69.2 Å². The van der Waals surface area contributed by atoms with E-state index in [0.29, 0.717) is 25.0 Å². The smallest absolute Gasteiger partial charge is 0.239 e. The third-order valence-electron chi connectivity index (χ3n) is 4.32. The molecule has 1 aliphatic rings. The Morgan fingerprint density at radius 3 is 2.68 bits per heavy atom. The van der Waals surface area contributed by atoms with Crippen LogP contribution >= 0.6 is 24.0 Å². The van der Waals surface area contributed by atoms with Gasteiger partial charge >= 0.3 is 0 Å². The van der Waals surface area contributed by atoms with Gasteiger partial charge in [0.05, 0.1) is 19.3 Å². The van der Waals surface area contributed by atoms with Gasteiger partial charge < -0.3 is 20.7 Å². The van der Waals surface area contributed by atoms with Crippen LogP contribution in [0.2, 0.25) is 0 Å². The molecule has 158 valence electrons. The van der Waals surface area contributed by atoms with Crippen LogP contribution in [0.15, 0.2) is 35.3 Å². The van der Waals surface area contributed by atoms with E-state index in [1.54, 1.807) is 7.05 Å². The minimum atomic E-state index is -0.0705. The van der Waals surface area contributed by atoms with E-state index in [4.69, 9.17) is 4.74 Å². The highest BCUT2D eigenvalue weighted by Crippen LogP contribution is 2.07. The zero-order chi connectivity index (χ0) is 19.5. The highest BCUT2D eigenvalue weighted by atomic mass is 127. The largest absolute Gasteiger partial charge is 0.374 e. The number of carbonyl (C=O) groups excluding carboxylic acids is 1. The molecule has 0 saturated carbocycles. The van der Waals surface area contributed by atoms with Gasteiger partial charge in [0.2, 0.25) is 5.91 Å². The predicted octanol–water partition coefficient (Wildman–Crippen LogP) is 1.44. The maximum Gasteiger partial charge on any atom is 0.239 e. The minimum Gasteiger partial charge on any atom is -0.374 e. The number of hydrogen-bond acceptors (Lipinski definition) is 4. The van der Waals surface area contributed by atoms with Gasteiger partial charge in [0.25, 0.3) is 0 Å². The first kappa shape index (κ1) is 24.6. The van der Waals surface area contributed by atoms with Crippen LogP contribution in [0.3, 0.4) is 0 Å². The molecule has 0 bridgehead atoms. The summed E-state index contributed by atoms with van der Waals surface area (Å²) in [6.45, 7) is 9.59. The van der Waals surface area contributed by atoms with E-state index in [-0.39, 0.29) is 42.5 Å². The Morgan fingerprint density at radius 1 is 1.25 bits per heavy atom. The molecule has 8 heteroatoms. The first-order chi connectivity index (χ1) is 13.1. The number of benzene rings is 1. The second kappa shape index (κ2) is 13.7. The maximum absolute atomic E-state index is 12.0. The van der Waals surface area contributed by atoms with Crippen molar-refractivity contribution in [2.75, 3.05) is 46.4 Å². The molecule has 1 saturated heterocycles. The van der Waals surface area contributed by atoms with Crippen molar-refractivity contribution >= 4 is 35.8 Å². The molecule has 1 heterocycles. The number of carbonyl (C=O) groups is 1. The van der Waals surface area contributed by atoms with Crippen molar-refractivity contribution in [3.63, 3.8) is 0 Å². The summed E-state index contributed by atoms with van der Waals surface area (Å²) in [7, 11) is 1.70. The number of ether oxygens (including phenoxy) is 1. The van der Waals surface area contributed by atoms with Crippen LogP contribution in [0.5, 0.6) is 0 Å². The van der Waals surface area contributed by atoms with Gasteiger partial charge in [-0.15, -0.1) is 24.0 Å². The van der Waals surface area contributed by atoms with Gasteiger partial charge in [0.1, 0.15) is 0 Å². The van der Waals surface area contributed by atoms with Crippen molar-refractivity contribution in [1.29, 1.82) is 0 Å². The first-order valence-corrected chi connectivity index (χ1v) is 9.66. The summed E-state index contributed by atoms with van der Waals surface area (Å²) in [5.74, 6) is 1.19. The lowest BCUT2D eigenvalue weighted by Gasteiger charge is -2.34. The zero-order valence-corrected chi connectivity index (χ0v) is 19.4. The number of nitrogens with zero attached hydrogens (tertiary/aromatic N) is 2. The number of amides is 1. The molecule has 1 aliphatic heterocycles. The fraction of sp³-hybridized carbons (Fsp3) is 0.600. The third-order valence-corrected chi connectivity index (χ3v) is 4.32. The first-order valence-electron chi connectivity index (χ1n) is 9.66. The highest BCUT2D eigenvalue weighted by Gasteiger charge is 2.21. The van der Waals surface area contributed by atoms with E-state index in [9.17, 15) is 4.79 Å². The lowest BCUT2D eigenvalue weighted by molar-refractivity contribution is -0.120. The van der Waals surface area contributed by atoms with E-state index < -0.39 is 0 Å². The minimum absolute atomic E-state index is 0. The summed E-state index contributed by atoms with van der Waals surface area (Å²) in [4.78, 5) is 18.6. The second-order valence-corrected chi connectivity index (χ2v) is 7.22. The number of hydrogen-bond donors (Lipinski definition) is 3. The molecule has 1 aromatic rings. The average molecular weight is 503 g/mol. The number of halogens is 1. The Hall–Kier alpha value is -1.39. The van der Waals surface area contributed by atoms with Crippen molar-refractivity contribution in [1.82, 2.24) is 20.9 Å². The molecular weight excluding hydrogens is 469 g/mol. The average Bonchev–Trinajstić information content (AvgIpc) is 2.67. The molecule has 3 N–H and O–H groups in total. The van der Waals surface area contributed by atoms with Gasteiger partial charge in [-0.2, -0.15) is 0 Å². The molecule has 1 atom stereocenters. The summed E-state index contributed by atoms with van der Waals surface area (Å²) in [6, 6.07) is 9.85. The summed E-state index contributed by atoms with van der Waals surface area (Å²) in [6.07, 6.45) is 0.128. The van der Waals surface area contributed by atoms with Crippen LogP contribution in [-0.2, 0) is 16.1 Å². The molecule has 1 aromatic carbocycles. The number of aliphatic imine (C=N–C) groups is 1. The van der Waals surface area contributed by atoms with E-state index in [1.807, 2.05) is 30.3 Å². The van der Waals surface area contributed by atoms with E-state index >= 15 is 0 Å². The summed E-state index contributed by atoms with van der Waals surface area (Å²) in [5, 5.41) is 9.19. The Bertz CT molecular complexity index is 598. The van der Waals surface area contributed by atoms with Gasteiger partial charge in [0, 0.05) is 39.8 Å². The van der Waals surface area contributed by atoms with Crippen LogP contribution in [0.4, 0.5) is 0 Å². The molecule has 28 heavy (non-hydrogen) atoms. The number of morpholine rings is 1. The van der Waals surface area contributed by atoms with Crippen molar-refractivity contribution in [3.05, 3.63) is 35.9 Å². The Balaban J connectivity index is 0.00000392. The Kier molecular flexibility index (Phi) is 12.1. The fourth-order valence-electron chi connectivity index (χ4n) is 3.04. The quantitative estimate of drug-likeness (QED) is 0.285. The van der Waals surface area contributed by atoms with Crippen molar-refractivity contribution in [3.8, 4) is 0 Å². The lowest BCUT2D eigenvalue weighted by atomic mass is 10.2. The molecule has 0 radical (unpaired) electrons. The molecule has 7 nitrogen and oxygen atoms in total. The lowest BCUT2D eigenvalue weighted by Crippen LogP contribution is -2.51. The molecule has 0 spiro atoms. The molecule has 1 fully saturated rings. The number of guanidine groups is 1. The molecule has 2 rings (SSSR count). The normalized spacial score (nSPS) is 17.7. The maximum atomic E-state index is 12.0. The van der Waals surface area contributed by atoms with Gasteiger partial charge in [0.15, 0.2) is 5.96 Å². The standard InChI is InChI=1S/C20H33N5O2.HI/c1-16(2)14-25-9-10-27-18(15-25)12-23-20(21-3)24-13-19(26)22-11-17-7-5-4-6-8-17;/h4-8,16,18H,9-15H2,1-3H3,(H,22,26)(H2,21,23,24);1H. The van der Waals surface area contributed by atoms with Gasteiger partial charge in [-0.3, -0.25) is 14.7 Å². The van der Waals surface area contributed by atoms with Gasteiger partial charge in [-0.1, -0.05) is 44.2 Å². The number of rotatable bonds is 8. The van der Waals surface area contributed by atoms with Crippen molar-refractivity contribution in [2.45, 2.75) is 26.5 Å². The fourth-order valence-corrected chi connectivity index (χ4v) is 3.04. The summed E-state index contributed by atoms with van der Waals surface area (Å²) >= 11 is 0. The van der Waals surface area contributed by atoms with Crippen LogP contribution in [0, 0.1) is 5.92 Å². The highest BCUT2D eigenvalue weighted by molar-refractivity contribution is 14.0. The molecule has 1 unspecified atom stereocenters. The molecule has 0 aliphatic carbocycles. The SMILES string of the molecule is CN=C(NCC(=O)NCc1ccccc1)NCC1CN(CC(C)C)CCO1.I. The van der Waals surface area contributed by atoms with Crippen molar-refractivity contribution < 1.29 is 9.53 Å². The molecule has 1 amide bonds. The van der Waals surface area contributed by atoms with Crippen LogP contribution < -0.4 is 16.0 Å². The molecular formula is C20H34IN5O2. The third kappa shape index (κ3) is 9.70. The van der Waals surface area contributed by atoms with E-state index in [0.717, 1.165) is 31.8 Å². The monoisotopic (exact) mass is 503 g/mol. The Labute approximate surface area is 185 Å². The van der Waals surface area contributed by atoms with Crippen LogP contribution in [0.25, 0.3) is 0 Å².